The smallest absolute Gasteiger partial charge is 0.315 e. The van der Waals surface area contributed by atoms with Gasteiger partial charge >= 0.3 is 6.03 Å². The topological polar surface area (TPSA) is 81.1 Å². The number of hydrogen-bond donors (Lipinski definition) is 2. The number of aryl methyl sites for hydroxylation is 1. The van der Waals surface area contributed by atoms with E-state index < -0.39 is 0 Å². The first-order chi connectivity index (χ1) is 12.2. The van der Waals surface area contributed by atoms with Gasteiger partial charge in [-0.05, 0) is 32.6 Å². The van der Waals surface area contributed by atoms with E-state index in [1.54, 1.807) is 0 Å². The Balaban J connectivity index is 1.32. The minimum Gasteiger partial charge on any atom is -0.378 e. The summed E-state index contributed by atoms with van der Waals surface area (Å²) in [7, 11) is 0. The lowest BCUT2D eigenvalue weighted by Gasteiger charge is -2.57. The van der Waals surface area contributed by atoms with Gasteiger partial charge < -0.3 is 19.9 Å². The Morgan fingerprint density at radius 1 is 1.28 bits per heavy atom. The van der Waals surface area contributed by atoms with E-state index in [1.165, 1.54) is 32.1 Å². The maximum absolute atomic E-state index is 12.4. The number of carbonyl (C=O) groups excluding carboxylic acids is 1. The molecule has 2 amide bonds. The highest BCUT2D eigenvalue weighted by atomic mass is 16.5. The van der Waals surface area contributed by atoms with Crippen LogP contribution in [-0.4, -0.2) is 39.5 Å². The Morgan fingerprint density at radius 3 is 2.92 bits per heavy atom. The number of carbonyl (C=O) groups is 1. The molecule has 2 heterocycles. The van der Waals surface area contributed by atoms with Crippen LogP contribution in [0.2, 0.25) is 0 Å². The zero-order valence-electron chi connectivity index (χ0n) is 15.1. The number of rotatable bonds is 5. The number of nitrogens with one attached hydrogen (secondary N) is 2. The van der Waals surface area contributed by atoms with Crippen LogP contribution in [0.3, 0.4) is 0 Å². The SMILES string of the molecule is CCO[C@@H]1C[C@@H](NC(=O)NCc2nnc3n2CCC3)C12CCCCC2. The molecule has 3 aliphatic rings. The van der Waals surface area contributed by atoms with Gasteiger partial charge in [0.05, 0.1) is 12.6 Å². The lowest BCUT2D eigenvalue weighted by atomic mass is 9.55. The first-order valence-corrected chi connectivity index (χ1v) is 9.80. The molecule has 2 fully saturated rings. The summed E-state index contributed by atoms with van der Waals surface area (Å²) in [6.45, 7) is 4.21. The van der Waals surface area contributed by atoms with Gasteiger partial charge in [-0.2, -0.15) is 0 Å². The van der Waals surface area contributed by atoms with Crippen LogP contribution in [0.15, 0.2) is 0 Å². The van der Waals surface area contributed by atoms with Crippen LogP contribution in [0, 0.1) is 5.41 Å². The lowest BCUT2D eigenvalue weighted by Crippen LogP contribution is -2.66. The number of urea groups is 1. The van der Waals surface area contributed by atoms with Crippen molar-refractivity contribution in [3.8, 4) is 0 Å². The molecule has 2 N–H and O–H groups in total. The van der Waals surface area contributed by atoms with E-state index in [1.807, 2.05) is 0 Å². The lowest BCUT2D eigenvalue weighted by molar-refractivity contribution is -0.146. The van der Waals surface area contributed by atoms with E-state index in [2.05, 4.69) is 32.3 Å². The van der Waals surface area contributed by atoms with Gasteiger partial charge in [-0.3, -0.25) is 0 Å². The molecule has 4 rings (SSSR count). The van der Waals surface area contributed by atoms with E-state index in [4.69, 9.17) is 4.74 Å². The molecule has 2 atom stereocenters. The quantitative estimate of drug-likeness (QED) is 0.855. The largest absolute Gasteiger partial charge is 0.378 e. The molecule has 2 aliphatic carbocycles. The zero-order chi connectivity index (χ0) is 17.3. The van der Waals surface area contributed by atoms with Crippen molar-refractivity contribution in [3.05, 3.63) is 11.6 Å². The first-order valence-electron chi connectivity index (χ1n) is 9.80. The molecule has 0 aromatic carbocycles. The highest BCUT2D eigenvalue weighted by Gasteiger charge is 2.56. The van der Waals surface area contributed by atoms with Crippen LogP contribution >= 0.6 is 0 Å². The zero-order valence-corrected chi connectivity index (χ0v) is 15.1. The summed E-state index contributed by atoms with van der Waals surface area (Å²) < 4.78 is 8.08. The fourth-order valence-corrected chi connectivity index (χ4v) is 4.98. The molecule has 7 heteroatoms. The fraction of sp³-hybridized carbons (Fsp3) is 0.833. The molecular weight excluding hydrogens is 318 g/mol. The first kappa shape index (κ1) is 16.8. The minimum absolute atomic E-state index is 0.0970. The highest BCUT2D eigenvalue weighted by molar-refractivity contribution is 5.74. The number of nitrogens with zero attached hydrogens (tertiary/aromatic N) is 3. The van der Waals surface area contributed by atoms with Crippen LogP contribution in [-0.2, 0) is 24.2 Å². The predicted molar refractivity (Wildman–Crippen MR) is 93.1 cm³/mol. The van der Waals surface area contributed by atoms with Gasteiger partial charge in [0.25, 0.3) is 0 Å². The average molecular weight is 347 g/mol. The van der Waals surface area contributed by atoms with Crippen molar-refractivity contribution >= 4 is 6.03 Å². The summed E-state index contributed by atoms with van der Waals surface area (Å²) in [6.07, 6.45) is 9.48. The van der Waals surface area contributed by atoms with E-state index in [9.17, 15) is 4.79 Å². The van der Waals surface area contributed by atoms with Crippen LogP contribution in [0.4, 0.5) is 4.79 Å². The number of aromatic nitrogens is 3. The second-order valence-electron chi connectivity index (χ2n) is 7.64. The van der Waals surface area contributed by atoms with Gasteiger partial charge in [-0.25, -0.2) is 4.79 Å². The molecule has 1 aliphatic heterocycles. The van der Waals surface area contributed by atoms with Gasteiger partial charge in [0.1, 0.15) is 5.82 Å². The molecule has 0 unspecified atom stereocenters. The van der Waals surface area contributed by atoms with Gasteiger partial charge in [0.15, 0.2) is 5.82 Å². The second kappa shape index (κ2) is 6.94. The third-order valence-corrected chi connectivity index (χ3v) is 6.34. The second-order valence-corrected chi connectivity index (χ2v) is 7.64. The van der Waals surface area contributed by atoms with Gasteiger partial charge in [0.2, 0.25) is 0 Å². The summed E-state index contributed by atoms with van der Waals surface area (Å²) in [4.78, 5) is 12.4. The molecule has 25 heavy (non-hydrogen) atoms. The third-order valence-electron chi connectivity index (χ3n) is 6.34. The minimum atomic E-state index is -0.0970. The predicted octanol–water partition coefficient (Wildman–Crippen LogP) is 2.15. The summed E-state index contributed by atoms with van der Waals surface area (Å²) >= 11 is 0. The van der Waals surface area contributed by atoms with E-state index >= 15 is 0 Å². The molecule has 7 nitrogen and oxygen atoms in total. The van der Waals surface area contributed by atoms with Crippen LogP contribution in [0.25, 0.3) is 0 Å². The number of ether oxygens (including phenoxy) is 1. The Hall–Kier alpha value is -1.63. The summed E-state index contributed by atoms with van der Waals surface area (Å²) in [5, 5.41) is 14.6. The molecule has 0 bridgehead atoms. The van der Waals surface area contributed by atoms with Crippen molar-refractivity contribution in [2.75, 3.05) is 6.61 Å². The van der Waals surface area contributed by atoms with Crippen molar-refractivity contribution < 1.29 is 9.53 Å². The highest BCUT2D eigenvalue weighted by Crippen LogP contribution is 2.53. The standard InChI is InChI=1S/C18H29N5O2/c1-2-25-14-11-13(18(14)8-4-3-5-9-18)20-17(24)19-12-16-22-21-15-7-6-10-23(15)16/h13-14H,2-12H2,1H3,(H2,19,20,24)/t13-,14-/m1/s1. The Bertz CT molecular complexity index is 623. The molecule has 1 aromatic rings. The molecule has 1 spiro atoms. The molecule has 138 valence electrons. The number of hydrogen-bond acceptors (Lipinski definition) is 4. The van der Waals surface area contributed by atoms with E-state index in [-0.39, 0.29) is 17.5 Å². The molecule has 1 aromatic heterocycles. The maximum atomic E-state index is 12.4. The van der Waals surface area contributed by atoms with Gasteiger partial charge in [-0.1, -0.05) is 19.3 Å². The van der Waals surface area contributed by atoms with E-state index in [0.29, 0.717) is 12.6 Å². The average Bonchev–Trinajstić information content (AvgIpc) is 3.24. The Kier molecular flexibility index (Phi) is 4.67. The molecule has 2 saturated carbocycles. The fourth-order valence-electron chi connectivity index (χ4n) is 4.98. The van der Waals surface area contributed by atoms with Crippen LogP contribution < -0.4 is 10.6 Å². The van der Waals surface area contributed by atoms with Gasteiger partial charge in [-0.15, -0.1) is 10.2 Å². The summed E-state index contributed by atoms with van der Waals surface area (Å²) in [6, 6.07) is 0.133. The van der Waals surface area contributed by atoms with Crippen molar-refractivity contribution in [2.24, 2.45) is 5.41 Å². The summed E-state index contributed by atoms with van der Waals surface area (Å²) in [5.41, 5.74) is 0.154. The Labute approximate surface area is 148 Å². The number of fused-ring (bicyclic) bond motifs is 1. The monoisotopic (exact) mass is 347 g/mol. The molecular formula is C18H29N5O2. The summed E-state index contributed by atoms with van der Waals surface area (Å²) in [5.74, 6) is 1.90. The Morgan fingerprint density at radius 2 is 2.12 bits per heavy atom. The van der Waals surface area contributed by atoms with E-state index in [0.717, 1.165) is 44.1 Å². The normalized spacial score (nSPS) is 26.9. The van der Waals surface area contributed by atoms with Gasteiger partial charge in [0, 0.05) is 31.0 Å². The van der Waals surface area contributed by atoms with Crippen molar-refractivity contribution in [1.82, 2.24) is 25.4 Å². The van der Waals surface area contributed by atoms with Crippen LogP contribution in [0.1, 0.15) is 63.5 Å². The molecule has 0 saturated heterocycles. The van der Waals surface area contributed by atoms with Crippen LogP contribution in [0.5, 0.6) is 0 Å². The molecule has 0 radical (unpaired) electrons. The third kappa shape index (κ3) is 3.03. The maximum Gasteiger partial charge on any atom is 0.315 e. The van der Waals surface area contributed by atoms with Crippen molar-refractivity contribution in [1.29, 1.82) is 0 Å². The number of amides is 2. The van der Waals surface area contributed by atoms with Crippen molar-refractivity contribution in [3.63, 3.8) is 0 Å². The van der Waals surface area contributed by atoms with Crippen molar-refractivity contribution in [2.45, 2.75) is 83.5 Å².